The molecule has 112 valence electrons. The SMILES string of the molecule is CC(=O)N[C@@H]1CCN(c2cc(C)nn3c(I)c(C)nc23)C1. The van der Waals surface area contributed by atoms with E-state index < -0.39 is 0 Å². The van der Waals surface area contributed by atoms with Gasteiger partial charge in [0.1, 0.15) is 3.70 Å². The molecule has 1 N–H and O–H groups in total. The maximum atomic E-state index is 11.2. The lowest BCUT2D eigenvalue weighted by Crippen LogP contribution is -2.35. The fourth-order valence-corrected chi connectivity index (χ4v) is 3.28. The smallest absolute Gasteiger partial charge is 0.217 e. The van der Waals surface area contributed by atoms with E-state index in [9.17, 15) is 4.79 Å². The molecule has 21 heavy (non-hydrogen) atoms. The Bertz CT molecular complexity index is 711. The summed E-state index contributed by atoms with van der Waals surface area (Å²) < 4.78 is 2.96. The second-order valence-corrected chi connectivity index (χ2v) is 6.55. The van der Waals surface area contributed by atoms with E-state index in [-0.39, 0.29) is 11.9 Å². The number of aryl methyl sites for hydroxylation is 2. The molecule has 0 unspecified atom stereocenters. The van der Waals surface area contributed by atoms with Crippen LogP contribution in [0, 0.1) is 17.5 Å². The second-order valence-electron chi connectivity index (χ2n) is 5.53. The predicted octanol–water partition coefficient (Wildman–Crippen LogP) is 1.67. The number of anilines is 1. The van der Waals surface area contributed by atoms with Gasteiger partial charge < -0.3 is 10.2 Å². The largest absolute Gasteiger partial charge is 0.366 e. The van der Waals surface area contributed by atoms with E-state index in [1.165, 1.54) is 0 Å². The molecule has 2 aromatic heterocycles. The number of nitrogens with zero attached hydrogens (tertiary/aromatic N) is 4. The summed E-state index contributed by atoms with van der Waals surface area (Å²) in [5.74, 6) is 0.0316. The number of imidazole rings is 1. The topological polar surface area (TPSA) is 62.5 Å². The third-order valence-electron chi connectivity index (χ3n) is 3.73. The number of rotatable bonds is 2. The lowest BCUT2D eigenvalue weighted by atomic mass is 10.2. The fraction of sp³-hybridized carbons (Fsp3) is 0.500. The first kappa shape index (κ1) is 14.6. The maximum Gasteiger partial charge on any atom is 0.217 e. The van der Waals surface area contributed by atoms with Gasteiger partial charge >= 0.3 is 0 Å². The molecular formula is C14H18IN5O. The number of carbonyl (C=O) groups is 1. The van der Waals surface area contributed by atoms with Gasteiger partial charge in [-0.2, -0.15) is 5.10 Å². The minimum Gasteiger partial charge on any atom is -0.366 e. The molecule has 1 saturated heterocycles. The quantitative estimate of drug-likeness (QED) is 0.781. The van der Waals surface area contributed by atoms with Crippen LogP contribution in [0.15, 0.2) is 6.07 Å². The minimum absolute atomic E-state index is 0.0316. The second kappa shape index (κ2) is 5.43. The summed E-state index contributed by atoms with van der Waals surface area (Å²) in [4.78, 5) is 18.1. The van der Waals surface area contributed by atoms with Gasteiger partial charge in [-0.25, -0.2) is 9.50 Å². The fourth-order valence-electron chi connectivity index (χ4n) is 2.82. The molecular weight excluding hydrogens is 381 g/mol. The van der Waals surface area contributed by atoms with E-state index in [1.807, 2.05) is 18.4 Å². The van der Waals surface area contributed by atoms with Crippen molar-refractivity contribution in [3.63, 3.8) is 0 Å². The lowest BCUT2D eigenvalue weighted by molar-refractivity contribution is -0.119. The zero-order valence-electron chi connectivity index (χ0n) is 12.4. The summed E-state index contributed by atoms with van der Waals surface area (Å²) >= 11 is 2.28. The highest BCUT2D eigenvalue weighted by molar-refractivity contribution is 14.1. The number of carbonyl (C=O) groups excluding carboxylic acids is 1. The van der Waals surface area contributed by atoms with E-state index in [2.05, 4.69) is 49.0 Å². The number of hydrogen-bond donors (Lipinski definition) is 1. The van der Waals surface area contributed by atoms with Crippen LogP contribution in [0.25, 0.3) is 5.65 Å². The molecule has 3 heterocycles. The molecule has 1 aliphatic rings. The summed E-state index contributed by atoms with van der Waals surface area (Å²) in [5.41, 5.74) is 3.95. The Morgan fingerprint density at radius 1 is 1.48 bits per heavy atom. The third-order valence-corrected chi connectivity index (χ3v) is 4.97. The van der Waals surface area contributed by atoms with Crippen molar-refractivity contribution in [3.8, 4) is 0 Å². The van der Waals surface area contributed by atoms with Crippen LogP contribution in [0.5, 0.6) is 0 Å². The van der Waals surface area contributed by atoms with Crippen molar-refractivity contribution in [3.05, 3.63) is 21.2 Å². The number of aromatic nitrogens is 3. The van der Waals surface area contributed by atoms with Crippen LogP contribution in [0.3, 0.4) is 0 Å². The van der Waals surface area contributed by atoms with Crippen LogP contribution >= 0.6 is 22.6 Å². The number of fused-ring (bicyclic) bond motifs is 1. The summed E-state index contributed by atoms with van der Waals surface area (Å²) in [5, 5.41) is 7.54. The van der Waals surface area contributed by atoms with Crippen molar-refractivity contribution >= 4 is 39.8 Å². The van der Waals surface area contributed by atoms with Crippen molar-refractivity contribution in [1.29, 1.82) is 0 Å². The number of halogens is 1. The van der Waals surface area contributed by atoms with Gasteiger partial charge in [-0.05, 0) is 48.9 Å². The van der Waals surface area contributed by atoms with E-state index in [0.29, 0.717) is 0 Å². The Morgan fingerprint density at radius 2 is 2.24 bits per heavy atom. The molecule has 7 heteroatoms. The van der Waals surface area contributed by atoms with Crippen LogP contribution in [-0.2, 0) is 4.79 Å². The highest BCUT2D eigenvalue weighted by Gasteiger charge is 2.26. The molecule has 0 aromatic carbocycles. The monoisotopic (exact) mass is 399 g/mol. The average molecular weight is 399 g/mol. The van der Waals surface area contributed by atoms with Crippen LogP contribution in [0.1, 0.15) is 24.7 Å². The normalized spacial score (nSPS) is 18.5. The highest BCUT2D eigenvalue weighted by atomic mass is 127. The zero-order chi connectivity index (χ0) is 15.1. The molecule has 2 aromatic rings. The minimum atomic E-state index is 0.0316. The van der Waals surface area contributed by atoms with Crippen molar-refractivity contribution in [2.24, 2.45) is 0 Å². The zero-order valence-corrected chi connectivity index (χ0v) is 14.5. The van der Waals surface area contributed by atoms with Gasteiger partial charge in [-0.3, -0.25) is 4.79 Å². The van der Waals surface area contributed by atoms with Gasteiger partial charge in [0.2, 0.25) is 5.91 Å². The molecule has 0 saturated carbocycles. The Labute approximate surface area is 137 Å². The number of nitrogens with one attached hydrogen (secondary N) is 1. The van der Waals surface area contributed by atoms with Gasteiger partial charge in [0, 0.05) is 26.1 Å². The van der Waals surface area contributed by atoms with E-state index in [4.69, 9.17) is 0 Å². The number of hydrogen-bond acceptors (Lipinski definition) is 4. The molecule has 1 atom stereocenters. The molecule has 0 aliphatic carbocycles. The molecule has 0 radical (unpaired) electrons. The van der Waals surface area contributed by atoms with Crippen LogP contribution in [0.4, 0.5) is 5.69 Å². The molecule has 1 aliphatic heterocycles. The molecule has 6 nitrogen and oxygen atoms in total. The standard InChI is InChI=1S/C14H18IN5O/c1-8-6-12(14-16-9(2)13(15)20(14)18-8)19-5-4-11(7-19)17-10(3)21/h6,11H,4-5,7H2,1-3H3,(H,17,21)/t11-/m1/s1. The van der Waals surface area contributed by atoms with Crippen LogP contribution in [0.2, 0.25) is 0 Å². The summed E-state index contributed by atoms with van der Waals surface area (Å²) in [7, 11) is 0. The van der Waals surface area contributed by atoms with Crippen molar-refractivity contribution in [2.75, 3.05) is 18.0 Å². The summed E-state index contributed by atoms with van der Waals surface area (Å²) in [6.07, 6.45) is 0.962. The summed E-state index contributed by atoms with van der Waals surface area (Å²) in [6.45, 7) is 7.31. The van der Waals surface area contributed by atoms with E-state index in [1.54, 1.807) is 6.92 Å². The van der Waals surface area contributed by atoms with Gasteiger partial charge in [0.15, 0.2) is 5.65 Å². The highest BCUT2D eigenvalue weighted by Crippen LogP contribution is 2.27. The van der Waals surface area contributed by atoms with Crippen molar-refractivity contribution in [2.45, 2.75) is 33.2 Å². The molecule has 0 spiro atoms. The first-order valence-electron chi connectivity index (χ1n) is 7.00. The molecule has 3 rings (SSSR count). The lowest BCUT2D eigenvalue weighted by Gasteiger charge is -2.19. The van der Waals surface area contributed by atoms with Gasteiger partial charge in [-0.15, -0.1) is 0 Å². The predicted molar refractivity (Wildman–Crippen MR) is 89.6 cm³/mol. The maximum absolute atomic E-state index is 11.2. The Morgan fingerprint density at radius 3 is 2.95 bits per heavy atom. The molecule has 0 bridgehead atoms. The molecule has 1 fully saturated rings. The van der Waals surface area contributed by atoms with Crippen LogP contribution in [-0.4, -0.2) is 39.6 Å². The van der Waals surface area contributed by atoms with E-state index in [0.717, 1.165) is 45.9 Å². The third kappa shape index (κ3) is 2.70. The van der Waals surface area contributed by atoms with Crippen molar-refractivity contribution < 1.29 is 4.79 Å². The van der Waals surface area contributed by atoms with Gasteiger partial charge in [0.25, 0.3) is 0 Å². The first-order chi connectivity index (χ1) is 9.95. The Balaban J connectivity index is 1.97. The number of amides is 1. The van der Waals surface area contributed by atoms with Gasteiger partial charge in [0.05, 0.1) is 17.1 Å². The first-order valence-corrected chi connectivity index (χ1v) is 8.08. The Hall–Kier alpha value is -1.38. The Kier molecular flexibility index (Phi) is 3.76. The molecule has 1 amide bonds. The van der Waals surface area contributed by atoms with E-state index >= 15 is 0 Å². The average Bonchev–Trinajstić information content (AvgIpc) is 2.96. The summed E-state index contributed by atoms with van der Waals surface area (Å²) in [6, 6.07) is 2.29. The van der Waals surface area contributed by atoms with Gasteiger partial charge in [-0.1, -0.05) is 0 Å². The van der Waals surface area contributed by atoms with Crippen molar-refractivity contribution in [1.82, 2.24) is 19.9 Å². The van der Waals surface area contributed by atoms with Crippen LogP contribution < -0.4 is 10.2 Å².